The number of hydrogen-bond acceptors (Lipinski definition) is 1. The van der Waals surface area contributed by atoms with E-state index in [0.717, 1.165) is 32.3 Å². The molecule has 1 heterocycles. The van der Waals surface area contributed by atoms with Crippen LogP contribution in [0.15, 0.2) is 0 Å². The quantitative estimate of drug-likeness (QED) is 0.628. The van der Waals surface area contributed by atoms with Gasteiger partial charge in [0.15, 0.2) is 0 Å². The zero-order valence-corrected chi connectivity index (χ0v) is 13.4. The molecular formula is C17H32N3O+. The predicted octanol–water partition coefficient (Wildman–Crippen LogP) is 2.31. The summed E-state index contributed by atoms with van der Waals surface area (Å²) >= 11 is 0. The van der Waals surface area contributed by atoms with Crippen molar-refractivity contribution in [2.24, 2.45) is 5.73 Å². The van der Waals surface area contributed by atoms with Crippen molar-refractivity contribution < 1.29 is 9.31 Å². The average Bonchev–Trinajstić information content (AvgIpc) is 2.58. The van der Waals surface area contributed by atoms with Gasteiger partial charge in [-0.1, -0.05) is 38.5 Å². The maximum absolute atomic E-state index is 6.67. The maximum Gasteiger partial charge on any atom is 0.346 e. The van der Waals surface area contributed by atoms with Crippen LogP contribution in [0.1, 0.15) is 64.2 Å². The smallest absolute Gasteiger partial charge is 0.346 e. The third kappa shape index (κ3) is 3.71. The summed E-state index contributed by atoms with van der Waals surface area (Å²) in [7, 11) is 0. The molecule has 0 bridgehead atoms. The van der Waals surface area contributed by atoms with Crippen LogP contribution in [0.4, 0.5) is 0 Å². The summed E-state index contributed by atoms with van der Waals surface area (Å²) in [6, 6.07) is 1.37. The fourth-order valence-corrected chi connectivity index (χ4v) is 4.35. The van der Waals surface area contributed by atoms with Crippen LogP contribution in [0.5, 0.6) is 0 Å². The van der Waals surface area contributed by atoms with E-state index in [9.17, 15) is 0 Å². The van der Waals surface area contributed by atoms with Crippen LogP contribution in [-0.2, 0) is 4.74 Å². The molecule has 2 aliphatic carbocycles. The Hall–Kier alpha value is -0.770. The van der Waals surface area contributed by atoms with E-state index in [1.165, 1.54) is 64.2 Å². The van der Waals surface area contributed by atoms with E-state index in [2.05, 4.69) is 9.48 Å². The average molecular weight is 294 g/mol. The van der Waals surface area contributed by atoms with Crippen molar-refractivity contribution in [3.8, 4) is 0 Å². The van der Waals surface area contributed by atoms with Crippen LogP contribution >= 0.6 is 0 Å². The van der Waals surface area contributed by atoms with Gasteiger partial charge in [-0.2, -0.15) is 0 Å². The monoisotopic (exact) mass is 294 g/mol. The van der Waals surface area contributed by atoms with E-state index in [4.69, 9.17) is 10.5 Å². The molecule has 1 saturated heterocycles. The van der Waals surface area contributed by atoms with Gasteiger partial charge in [-0.15, -0.1) is 0 Å². The van der Waals surface area contributed by atoms with Gasteiger partial charge in [0, 0.05) is 0 Å². The summed E-state index contributed by atoms with van der Waals surface area (Å²) in [5, 5.41) is 0. The number of morpholine rings is 1. The van der Waals surface area contributed by atoms with Crippen molar-refractivity contribution in [1.82, 2.24) is 4.90 Å². The second-order valence-corrected chi connectivity index (χ2v) is 6.95. The lowest BCUT2D eigenvalue weighted by Gasteiger charge is -2.39. The second kappa shape index (κ2) is 7.48. The molecule has 120 valence electrons. The Morgan fingerprint density at radius 3 is 1.76 bits per heavy atom. The Bertz CT molecular complexity index is 331. The van der Waals surface area contributed by atoms with E-state index in [1.54, 1.807) is 0 Å². The lowest BCUT2D eigenvalue weighted by molar-refractivity contribution is -0.555. The Morgan fingerprint density at radius 2 is 1.29 bits per heavy atom. The molecule has 0 radical (unpaired) electrons. The zero-order valence-electron chi connectivity index (χ0n) is 13.4. The largest absolute Gasteiger partial charge is 0.375 e. The lowest BCUT2D eigenvalue weighted by atomic mass is 9.89. The van der Waals surface area contributed by atoms with Gasteiger partial charge in [0.05, 0.1) is 38.4 Å². The minimum absolute atomic E-state index is 0.685. The molecule has 0 spiro atoms. The highest BCUT2D eigenvalue weighted by Crippen LogP contribution is 2.30. The van der Waals surface area contributed by atoms with Crippen molar-refractivity contribution in [1.29, 1.82) is 0 Å². The van der Waals surface area contributed by atoms with E-state index < -0.39 is 0 Å². The number of nitrogens with two attached hydrogens (primary N) is 1. The molecule has 3 fully saturated rings. The molecule has 3 rings (SSSR count). The Morgan fingerprint density at radius 1 is 0.810 bits per heavy atom. The van der Waals surface area contributed by atoms with E-state index in [0.29, 0.717) is 12.1 Å². The fraction of sp³-hybridized carbons (Fsp3) is 0.941. The van der Waals surface area contributed by atoms with Crippen molar-refractivity contribution in [3.05, 3.63) is 0 Å². The van der Waals surface area contributed by atoms with E-state index >= 15 is 0 Å². The Kier molecular flexibility index (Phi) is 5.39. The third-order valence-corrected chi connectivity index (χ3v) is 5.54. The highest BCUT2D eigenvalue weighted by molar-refractivity contribution is 5.73. The van der Waals surface area contributed by atoms with Gasteiger partial charge in [0.1, 0.15) is 0 Å². The molecule has 21 heavy (non-hydrogen) atoms. The van der Waals surface area contributed by atoms with Crippen molar-refractivity contribution in [3.63, 3.8) is 0 Å². The predicted molar refractivity (Wildman–Crippen MR) is 85.6 cm³/mol. The van der Waals surface area contributed by atoms with Gasteiger partial charge in [-0.05, 0) is 25.7 Å². The van der Waals surface area contributed by atoms with Gasteiger partial charge in [-0.25, -0.2) is 0 Å². The molecule has 0 aromatic heterocycles. The van der Waals surface area contributed by atoms with Crippen molar-refractivity contribution >= 4 is 5.96 Å². The standard InChI is InChI=1S/C17H31N3O/c18-17(19-11-13-21-14-12-19)20(15-7-3-1-4-8-15)16-9-5-2-6-10-16/h15-16,18H,1-14H2/p+1. The van der Waals surface area contributed by atoms with Crippen LogP contribution in [0.25, 0.3) is 0 Å². The first-order valence-corrected chi connectivity index (χ1v) is 9.10. The summed E-state index contributed by atoms with van der Waals surface area (Å²) in [5.41, 5.74) is 6.67. The van der Waals surface area contributed by atoms with E-state index in [1.807, 2.05) is 0 Å². The summed E-state index contributed by atoms with van der Waals surface area (Å²) in [4.78, 5) is 2.64. The number of ether oxygens (including phenoxy) is 1. The Balaban J connectivity index is 1.79. The molecular weight excluding hydrogens is 262 g/mol. The molecule has 4 nitrogen and oxygen atoms in total. The van der Waals surface area contributed by atoms with Crippen molar-refractivity contribution in [2.75, 3.05) is 26.3 Å². The zero-order chi connectivity index (χ0) is 14.5. The fourth-order valence-electron chi connectivity index (χ4n) is 4.35. The van der Waals surface area contributed by atoms with Crippen LogP contribution in [0, 0.1) is 0 Å². The van der Waals surface area contributed by atoms with Gasteiger partial charge in [0.2, 0.25) is 0 Å². The lowest BCUT2D eigenvalue weighted by Crippen LogP contribution is -2.56. The van der Waals surface area contributed by atoms with Gasteiger partial charge < -0.3 is 4.74 Å². The number of hydrogen-bond donors (Lipinski definition) is 1. The maximum atomic E-state index is 6.67. The molecule has 0 aromatic rings. The molecule has 0 aromatic carbocycles. The normalized spacial score (nSPS) is 25.8. The van der Waals surface area contributed by atoms with Gasteiger partial charge in [-0.3, -0.25) is 15.2 Å². The highest BCUT2D eigenvalue weighted by atomic mass is 16.5. The summed E-state index contributed by atoms with van der Waals surface area (Å²) in [5.74, 6) is 1.05. The highest BCUT2D eigenvalue weighted by Gasteiger charge is 2.36. The summed E-state index contributed by atoms with van der Waals surface area (Å²) < 4.78 is 7.86. The Labute approximate surface area is 129 Å². The summed E-state index contributed by atoms with van der Waals surface area (Å²) in [6.07, 6.45) is 13.7. The van der Waals surface area contributed by atoms with Crippen molar-refractivity contribution in [2.45, 2.75) is 76.3 Å². The topological polar surface area (TPSA) is 41.5 Å². The van der Waals surface area contributed by atoms with Crippen LogP contribution in [-0.4, -0.2) is 53.8 Å². The minimum atomic E-state index is 0.685. The molecule has 2 N–H and O–H groups in total. The van der Waals surface area contributed by atoms with E-state index in [-0.39, 0.29) is 0 Å². The minimum Gasteiger partial charge on any atom is -0.375 e. The molecule has 0 amide bonds. The van der Waals surface area contributed by atoms with Gasteiger partial charge >= 0.3 is 5.96 Å². The number of rotatable bonds is 2. The SMILES string of the molecule is NC(N(C1CCCCC1)C1CCCCC1)=[N+]1CCOCC1. The number of nitrogens with zero attached hydrogens (tertiary/aromatic N) is 2. The van der Waals surface area contributed by atoms with Crippen LogP contribution < -0.4 is 5.73 Å². The molecule has 4 heteroatoms. The first-order valence-electron chi connectivity index (χ1n) is 9.10. The van der Waals surface area contributed by atoms with Crippen LogP contribution in [0.2, 0.25) is 0 Å². The first kappa shape index (κ1) is 15.1. The molecule has 0 atom stereocenters. The molecule has 1 aliphatic heterocycles. The summed E-state index contributed by atoms with van der Waals surface area (Å²) in [6.45, 7) is 3.57. The number of guanidine groups is 1. The van der Waals surface area contributed by atoms with Gasteiger partial charge in [0.25, 0.3) is 0 Å². The third-order valence-electron chi connectivity index (χ3n) is 5.54. The molecule has 2 saturated carbocycles. The second-order valence-electron chi connectivity index (χ2n) is 6.95. The molecule has 0 unspecified atom stereocenters. The van der Waals surface area contributed by atoms with Crippen LogP contribution in [0.3, 0.4) is 0 Å². The first-order chi connectivity index (χ1) is 10.4. The molecule has 3 aliphatic rings.